The van der Waals surface area contributed by atoms with Gasteiger partial charge in [-0.15, -0.1) is 0 Å². The van der Waals surface area contributed by atoms with Crippen molar-refractivity contribution < 1.29 is 23.5 Å². The minimum absolute atomic E-state index is 0.0103. The number of carbonyl (C=O) groups excluding carboxylic acids is 1. The first-order valence-corrected chi connectivity index (χ1v) is 6.78. The molecule has 0 unspecified atom stereocenters. The summed E-state index contributed by atoms with van der Waals surface area (Å²) in [7, 11) is 0. The van der Waals surface area contributed by atoms with Gasteiger partial charge in [0.05, 0.1) is 11.5 Å². The van der Waals surface area contributed by atoms with E-state index < -0.39 is 23.6 Å². The molecule has 1 aliphatic rings. The van der Waals surface area contributed by atoms with Crippen LogP contribution in [0, 0.1) is 11.7 Å². The molecular weight excluding hydrogens is 291 g/mol. The number of amides is 1. The molecule has 0 bridgehead atoms. The van der Waals surface area contributed by atoms with Crippen LogP contribution in [-0.4, -0.2) is 28.0 Å². The van der Waals surface area contributed by atoms with Crippen molar-refractivity contribution in [3.63, 3.8) is 0 Å². The first-order valence-electron chi connectivity index (χ1n) is 6.78. The Labute approximate surface area is 125 Å². The molecule has 3 rings (SSSR count). The van der Waals surface area contributed by atoms with Gasteiger partial charge in [-0.1, -0.05) is 12.1 Å². The Morgan fingerprint density at radius 2 is 2.05 bits per heavy atom. The fourth-order valence-corrected chi connectivity index (χ4v) is 2.44. The Balaban J connectivity index is 1.74. The van der Waals surface area contributed by atoms with Crippen LogP contribution in [-0.2, 0) is 4.79 Å². The maximum Gasteiger partial charge on any atom is 0.306 e. The fourth-order valence-electron chi connectivity index (χ4n) is 2.44. The predicted molar refractivity (Wildman–Crippen MR) is 73.5 cm³/mol. The Bertz CT molecular complexity index is 722. The van der Waals surface area contributed by atoms with E-state index in [1.165, 1.54) is 18.2 Å². The highest BCUT2D eigenvalue weighted by atomic mass is 19.1. The molecule has 0 aliphatic heterocycles. The van der Waals surface area contributed by atoms with E-state index in [-0.39, 0.29) is 23.1 Å². The molecule has 1 aliphatic carbocycles. The van der Waals surface area contributed by atoms with Gasteiger partial charge in [0, 0.05) is 6.04 Å². The number of oxazole rings is 1. The summed E-state index contributed by atoms with van der Waals surface area (Å²) >= 11 is 0. The summed E-state index contributed by atoms with van der Waals surface area (Å²) in [5, 5.41) is 11.5. The van der Waals surface area contributed by atoms with Crippen molar-refractivity contribution in [2.45, 2.75) is 18.9 Å². The normalized spacial score (nSPS) is 20.2. The Morgan fingerprint density at radius 1 is 1.32 bits per heavy atom. The number of carboxylic acid groups (broad SMARTS) is 1. The van der Waals surface area contributed by atoms with Crippen LogP contribution in [0.1, 0.15) is 23.3 Å². The van der Waals surface area contributed by atoms with Crippen molar-refractivity contribution >= 4 is 11.9 Å². The molecule has 2 aromatic rings. The third-order valence-electron chi connectivity index (χ3n) is 3.72. The van der Waals surface area contributed by atoms with E-state index in [0.717, 1.165) is 6.39 Å². The molecule has 0 spiro atoms. The number of carbonyl (C=O) groups is 2. The molecule has 1 aromatic heterocycles. The number of benzene rings is 1. The van der Waals surface area contributed by atoms with Crippen LogP contribution in [0.5, 0.6) is 0 Å². The van der Waals surface area contributed by atoms with Gasteiger partial charge in [-0.25, -0.2) is 9.37 Å². The zero-order chi connectivity index (χ0) is 15.7. The van der Waals surface area contributed by atoms with Crippen molar-refractivity contribution in [2.24, 2.45) is 5.92 Å². The summed E-state index contributed by atoms with van der Waals surface area (Å²) in [6.45, 7) is 0. The highest BCUT2D eigenvalue weighted by Crippen LogP contribution is 2.29. The third-order valence-corrected chi connectivity index (χ3v) is 3.72. The van der Waals surface area contributed by atoms with Crippen molar-refractivity contribution in [2.75, 3.05) is 0 Å². The van der Waals surface area contributed by atoms with Gasteiger partial charge in [-0.05, 0) is 25.0 Å². The second-order valence-corrected chi connectivity index (χ2v) is 5.19. The lowest BCUT2D eigenvalue weighted by Crippen LogP contribution is -2.46. The number of rotatable bonds is 4. The smallest absolute Gasteiger partial charge is 0.306 e. The van der Waals surface area contributed by atoms with E-state index in [1.54, 1.807) is 6.07 Å². The number of hydrogen-bond donors (Lipinski definition) is 2. The molecule has 1 saturated carbocycles. The summed E-state index contributed by atoms with van der Waals surface area (Å²) in [5.74, 6) is -2.24. The molecule has 22 heavy (non-hydrogen) atoms. The lowest BCUT2D eigenvalue weighted by Gasteiger charge is -2.32. The van der Waals surface area contributed by atoms with Crippen LogP contribution < -0.4 is 5.32 Å². The number of hydrogen-bond acceptors (Lipinski definition) is 4. The van der Waals surface area contributed by atoms with Crippen molar-refractivity contribution in [1.82, 2.24) is 10.3 Å². The summed E-state index contributed by atoms with van der Waals surface area (Å²) in [5.41, 5.74) is 0.144. The summed E-state index contributed by atoms with van der Waals surface area (Å²) in [4.78, 5) is 26.8. The van der Waals surface area contributed by atoms with Crippen LogP contribution in [0.25, 0.3) is 11.3 Å². The zero-order valence-corrected chi connectivity index (χ0v) is 11.5. The number of aromatic nitrogens is 1. The molecule has 6 nitrogen and oxygen atoms in total. The highest BCUT2D eigenvalue weighted by Gasteiger charge is 2.36. The van der Waals surface area contributed by atoms with Crippen LogP contribution in [0.15, 0.2) is 35.1 Å². The first kappa shape index (κ1) is 14.2. The van der Waals surface area contributed by atoms with Gasteiger partial charge in [0.1, 0.15) is 5.82 Å². The van der Waals surface area contributed by atoms with E-state index in [1.807, 2.05) is 0 Å². The van der Waals surface area contributed by atoms with E-state index >= 15 is 0 Å². The van der Waals surface area contributed by atoms with Gasteiger partial charge < -0.3 is 14.8 Å². The van der Waals surface area contributed by atoms with Crippen molar-refractivity contribution in [3.8, 4) is 11.3 Å². The Hall–Kier alpha value is -2.70. The summed E-state index contributed by atoms with van der Waals surface area (Å²) in [6, 6.07) is 5.72. The maximum atomic E-state index is 13.8. The average molecular weight is 304 g/mol. The first-order chi connectivity index (χ1) is 10.6. The highest BCUT2D eigenvalue weighted by molar-refractivity contribution is 5.98. The van der Waals surface area contributed by atoms with Gasteiger partial charge in [0.2, 0.25) is 0 Å². The molecule has 1 fully saturated rings. The van der Waals surface area contributed by atoms with Gasteiger partial charge in [-0.3, -0.25) is 9.59 Å². The summed E-state index contributed by atoms with van der Waals surface area (Å²) < 4.78 is 18.9. The van der Waals surface area contributed by atoms with Crippen LogP contribution in [0.3, 0.4) is 0 Å². The molecule has 0 atom stereocenters. The average Bonchev–Trinajstić information content (AvgIpc) is 2.91. The molecule has 1 heterocycles. The number of aliphatic carboxylic acids is 1. The zero-order valence-electron chi connectivity index (χ0n) is 11.5. The summed E-state index contributed by atoms with van der Waals surface area (Å²) in [6.07, 6.45) is 1.85. The quantitative estimate of drug-likeness (QED) is 0.902. The van der Waals surface area contributed by atoms with Crippen LogP contribution >= 0.6 is 0 Å². The predicted octanol–water partition coefficient (Wildman–Crippen LogP) is 2.07. The van der Waals surface area contributed by atoms with Crippen molar-refractivity contribution in [1.29, 1.82) is 0 Å². The van der Waals surface area contributed by atoms with Gasteiger partial charge in [0.15, 0.2) is 17.8 Å². The van der Waals surface area contributed by atoms with E-state index in [0.29, 0.717) is 12.8 Å². The van der Waals surface area contributed by atoms with Crippen LogP contribution in [0.2, 0.25) is 0 Å². The SMILES string of the molecule is O=C(NC1CC(C(=O)O)C1)c1ncoc1-c1ccccc1F. The molecule has 0 radical (unpaired) electrons. The Morgan fingerprint density at radius 3 is 2.73 bits per heavy atom. The minimum Gasteiger partial charge on any atom is -0.481 e. The monoisotopic (exact) mass is 304 g/mol. The van der Waals surface area contributed by atoms with E-state index in [2.05, 4.69) is 10.3 Å². The second kappa shape index (κ2) is 5.59. The lowest BCUT2D eigenvalue weighted by molar-refractivity contribution is -0.145. The third kappa shape index (κ3) is 2.57. The molecule has 114 valence electrons. The molecule has 1 amide bonds. The topological polar surface area (TPSA) is 92.4 Å². The number of halogens is 1. The minimum atomic E-state index is -0.862. The lowest BCUT2D eigenvalue weighted by atomic mass is 9.80. The van der Waals surface area contributed by atoms with Gasteiger partial charge >= 0.3 is 5.97 Å². The number of nitrogens with one attached hydrogen (secondary N) is 1. The fraction of sp³-hybridized carbons (Fsp3) is 0.267. The maximum absolute atomic E-state index is 13.8. The second-order valence-electron chi connectivity index (χ2n) is 5.19. The van der Waals surface area contributed by atoms with Crippen LogP contribution in [0.4, 0.5) is 4.39 Å². The van der Waals surface area contributed by atoms with Gasteiger partial charge in [0.25, 0.3) is 5.91 Å². The molecule has 0 saturated heterocycles. The van der Waals surface area contributed by atoms with E-state index in [4.69, 9.17) is 9.52 Å². The standard InChI is InChI=1S/C15H13FN2O4/c16-11-4-2-1-3-10(11)13-12(17-7-22-13)14(19)18-9-5-8(6-9)15(20)21/h1-4,7-9H,5-6H2,(H,18,19)(H,20,21). The molecular formula is C15H13FN2O4. The molecule has 1 aromatic carbocycles. The molecule has 7 heteroatoms. The number of carboxylic acids is 1. The Kier molecular flexibility index (Phi) is 3.62. The largest absolute Gasteiger partial charge is 0.481 e. The van der Waals surface area contributed by atoms with Crippen molar-refractivity contribution in [3.05, 3.63) is 42.2 Å². The number of nitrogens with zero attached hydrogens (tertiary/aromatic N) is 1. The van der Waals surface area contributed by atoms with Gasteiger partial charge in [-0.2, -0.15) is 0 Å². The van der Waals surface area contributed by atoms with E-state index in [9.17, 15) is 14.0 Å². The molecule has 2 N–H and O–H groups in total.